The second kappa shape index (κ2) is 6.57. The van der Waals surface area contributed by atoms with Gasteiger partial charge in [-0.3, -0.25) is 4.79 Å². The van der Waals surface area contributed by atoms with E-state index in [1.54, 1.807) is 0 Å². The number of carbonyl (C=O) groups is 1. The van der Waals surface area contributed by atoms with Gasteiger partial charge in [-0.25, -0.2) is 0 Å². The Kier molecular flexibility index (Phi) is 4.80. The first kappa shape index (κ1) is 13.9. The molecule has 4 heteroatoms. The van der Waals surface area contributed by atoms with Crippen molar-refractivity contribution >= 4 is 11.6 Å². The highest BCUT2D eigenvalue weighted by Gasteiger charge is 2.19. The number of rotatable bonds is 6. The van der Waals surface area contributed by atoms with Gasteiger partial charge in [0.25, 0.3) is 0 Å². The summed E-state index contributed by atoms with van der Waals surface area (Å²) >= 11 is 0. The molecule has 19 heavy (non-hydrogen) atoms. The highest BCUT2D eigenvalue weighted by molar-refractivity contribution is 5.82. The van der Waals surface area contributed by atoms with Gasteiger partial charge < -0.3 is 15.1 Å². The fraction of sp³-hybridized carbons (Fsp3) is 0.533. The fourth-order valence-electron chi connectivity index (χ4n) is 2.42. The van der Waals surface area contributed by atoms with E-state index >= 15 is 0 Å². The van der Waals surface area contributed by atoms with Gasteiger partial charge in [0.05, 0.1) is 6.54 Å². The predicted octanol–water partition coefficient (Wildman–Crippen LogP) is 1.12. The van der Waals surface area contributed by atoms with E-state index in [9.17, 15) is 4.79 Å². The van der Waals surface area contributed by atoms with Crippen LogP contribution in [0, 0.1) is 0 Å². The van der Waals surface area contributed by atoms with E-state index in [4.69, 9.17) is 0 Å². The minimum Gasteiger partial charge on any atom is -0.362 e. The van der Waals surface area contributed by atoms with Gasteiger partial charge in [-0.2, -0.15) is 0 Å². The molecule has 2 rings (SSSR count). The topological polar surface area (TPSA) is 35.6 Å². The molecular formula is C15H23N3O. The Morgan fingerprint density at radius 2 is 2.16 bits per heavy atom. The lowest BCUT2D eigenvalue weighted by Gasteiger charge is -2.19. The first-order chi connectivity index (χ1) is 9.16. The maximum atomic E-state index is 11.9. The van der Waals surface area contributed by atoms with Gasteiger partial charge in [0.1, 0.15) is 0 Å². The van der Waals surface area contributed by atoms with E-state index in [0.29, 0.717) is 6.54 Å². The van der Waals surface area contributed by atoms with Crippen molar-refractivity contribution in [2.75, 3.05) is 45.2 Å². The molecule has 1 aliphatic heterocycles. The van der Waals surface area contributed by atoms with Gasteiger partial charge in [-0.15, -0.1) is 0 Å². The third-order valence-electron chi connectivity index (χ3n) is 3.42. The third kappa shape index (κ3) is 3.96. The number of hydrogen-bond acceptors (Lipinski definition) is 3. The van der Waals surface area contributed by atoms with Gasteiger partial charge in [-0.05, 0) is 45.1 Å². The summed E-state index contributed by atoms with van der Waals surface area (Å²) in [7, 11) is 4.09. The summed E-state index contributed by atoms with van der Waals surface area (Å²) in [6, 6.07) is 8.34. The minimum atomic E-state index is 0.121. The molecule has 0 radical (unpaired) electrons. The smallest absolute Gasteiger partial charge is 0.239 e. The number of carbonyl (C=O) groups excluding carboxylic acids is 1. The highest BCUT2D eigenvalue weighted by Crippen LogP contribution is 2.26. The van der Waals surface area contributed by atoms with Crippen LogP contribution in [-0.2, 0) is 11.2 Å². The molecule has 0 aromatic heterocycles. The lowest BCUT2D eigenvalue weighted by atomic mass is 10.2. The number of para-hydroxylation sites is 1. The molecule has 0 bridgehead atoms. The summed E-state index contributed by atoms with van der Waals surface area (Å²) in [4.78, 5) is 16.2. The second-order valence-corrected chi connectivity index (χ2v) is 5.31. The SMILES string of the molecule is CN(C)CCCNC(=O)CN1CCc2ccccc21. The van der Waals surface area contributed by atoms with Crippen LogP contribution < -0.4 is 10.2 Å². The van der Waals surface area contributed by atoms with Crippen molar-refractivity contribution in [1.29, 1.82) is 0 Å². The van der Waals surface area contributed by atoms with Crippen LogP contribution in [-0.4, -0.2) is 51.1 Å². The van der Waals surface area contributed by atoms with Crippen LogP contribution in [0.3, 0.4) is 0 Å². The van der Waals surface area contributed by atoms with Crippen LogP contribution in [0.15, 0.2) is 24.3 Å². The van der Waals surface area contributed by atoms with E-state index in [1.165, 1.54) is 11.3 Å². The van der Waals surface area contributed by atoms with Crippen molar-refractivity contribution in [3.8, 4) is 0 Å². The normalized spacial score (nSPS) is 13.7. The number of fused-ring (bicyclic) bond motifs is 1. The molecule has 0 aliphatic carbocycles. The molecule has 4 nitrogen and oxygen atoms in total. The number of anilines is 1. The summed E-state index contributed by atoms with van der Waals surface area (Å²) in [5.74, 6) is 0.121. The van der Waals surface area contributed by atoms with E-state index in [1.807, 2.05) is 20.2 Å². The summed E-state index contributed by atoms with van der Waals surface area (Å²) < 4.78 is 0. The number of amides is 1. The molecule has 1 aromatic rings. The zero-order valence-electron chi connectivity index (χ0n) is 11.9. The number of nitrogens with zero attached hydrogens (tertiary/aromatic N) is 2. The van der Waals surface area contributed by atoms with Crippen LogP contribution in [0.2, 0.25) is 0 Å². The first-order valence-corrected chi connectivity index (χ1v) is 6.91. The Balaban J connectivity index is 1.75. The molecular weight excluding hydrogens is 238 g/mol. The maximum Gasteiger partial charge on any atom is 0.239 e. The molecule has 104 valence electrons. The van der Waals surface area contributed by atoms with Crippen molar-refractivity contribution in [2.24, 2.45) is 0 Å². The van der Waals surface area contributed by atoms with E-state index in [2.05, 4.69) is 33.3 Å². The Morgan fingerprint density at radius 3 is 2.95 bits per heavy atom. The number of nitrogens with one attached hydrogen (secondary N) is 1. The van der Waals surface area contributed by atoms with Gasteiger partial charge >= 0.3 is 0 Å². The largest absolute Gasteiger partial charge is 0.362 e. The maximum absolute atomic E-state index is 11.9. The molecule has 1 aliphatic rings. The monoisotopic (exact) mass is 261 g/mol. The fourth-order valence-corrected chi connectivity index (χ4v) is 2.42. The van der Waals surface area contributed by atoms with Crippen LogP contribution in [0.25, 0.3) is 0 Å². The quantitative estimate of drug-likeness (QED) is 0.779. The van der Waals surface area contributed by atoms with Gasteiger partial charge in [0.2, 0.25) is 5.91 Å². The third-order valence-corrected chi connectivity index (χ3v) is 3.42. The van der Waals surface area contributed by atoms with Crippen LogP contribution in [0.5, 0.6) is 0 Å². The molecule has 0 unspecified atom stereocenters. The number of benzene rings is 1. The zero-order valence-corrected chi connectivity index (χ0v) is 11.9. The Bertz CT molecular complexity index is 431. The van der Waals surface area contributed by atoms with Crippen LogP contribution in [0.1, 0.15) is 12.0 Å². The molecule has 0 saturated heterocycles. The lowest BCUT2D eigenvalue weighted by molar-refractivity contribution is -0.119. The number of hydrogen-bond donors (Lipinski definition) is 1. The summed E-state index contributed by atoms with van der Waals surface area (Å²) in [5, 5.41) is 2.99. The van der Waals surface area contributed by atoms with Crippen molar-refractivity contribution in [3.05, 3.63) is 29.8 Å². The highest BCUT2D eigenvalue weighted by atomic mass is 16.2. The molecule has 1 N–H and O–H groups in total. The van der Waals surface area contributed by atoms with Crippen molar-refractivity contribution in [3.63, 3.8) is 0 Å². The molecule has 1 amide bonds. The van der Waals surface area contributed by atoms with Crippen molar-refractivity contribution in [1.82, 2.24) is 10.2 Å². The molecule has 1 aromatic carbocycles. The van der Waals surface area contributed by atoms with E-state index < -0.39 is 0 Å². The van der Waals surface area contributed by atoms with Crippen LogP contribution in [0.4, 0.5) is 5.69 Å². The second-order valence-electron chi connectivity index (χ2n) is 5.31. The summed E-state index contributed by atoms with van der Waals surface area (Å²) in [6.07, 6.45) is 2.04. The van der Waals surface area contributed by atoms with Gasteiger partial charge in [-0.1, -0.05) is 18.2 Å². The molecule has 0 fully saturated rings. The zero-order chi connectivity index (χ0) is 13.7. The standard InChI is InChI=1S/C15H23N3O/c1-17(2)10-5-9-16-15(19)12-18-11-8-13-6-3-4-7-14(13)18/h3-4,6-7H,5,8-12H2,1-2H3,(H,16,19). The Labute approximate surface area is 115 Å². The molecule has 1 heterocycles. The predicted molar refractivity (Wildman–Crippen MR) is 78.5 cm³/mol. The van der Waals surface area contributed by atoms with Gasteiger partial charge in [0, 0.05) is 18.8 Å². The van der Waals surface area contributed by atoms with Gasteiger partial charge in [0.15, 0.2) is 0 Å². The summed E-state index contributed by atoms with van der Waals surface area (Å²) in [6.45, 7) is 3.18. The average Bonchev–Trinajstić information content (AvgIpc) is 2.78. The Morgan fingerprint density at radius 1 is 1.37 bits per heavy atom. The lowest BCUT2D eigenvalue weighted by Crippen LogP contribution is -2.37. The Hall–Kier alpha value is -1.55. The van der Waals surface area contributed by atoms with Crippen LogP contribution >= 0.6 is 0 Å². The minimum absolute atomic E-state index is 0.121. The molecule has 0 saturated carbocycles. The molecule has 0 atom stereocenters. The average molecular weight is 261 g/mol. The van der Waals surface area contributed by atoms with E-state index in [0.717, 1.165) is 32.5 Å². The van der Waals surface area contributed by atoms with E-state index in [-0.39, 0.29) is 5.91 Å². The summed E-state index contributed by atoms with van der Waals surface area (Å²) in [5.41, 5.74) is 2.56. The van der Waals surface area contributed by atoms with Crippen molar-refractivity contribution in [2.45, 2.75) is 12.8 Å². The first-order valence-electron chi connectivity index (χ1n) is 6.91. The van der Waals surface area contributed by atoms with Crippen molar-refractivity contribution < 1.29 is 4.79 Å². The molecule has 0 spiro atoms.